The number of halogens is 1. The zero-order chi connectivity index (χ0) is 13.2. The van der Waals surface area contributed by atoms with Crippen LogP contribution < -0.4 is 0 Å². The van der Waals surface area contributed by atoms with Gasteiger partial charge in [0.15, 0.2) is 0 Å². The van der Waals surface area contributed by atoms with Crippen molar-refractivity contribution in [3.63, 3.8) is 0 Å². The molecule has 3 nitrogen and oxygen atoms in total. The summed E-state index contributed by atoms with van der Waals surface area (Å²) in [7, 11) is 1.84. The number of carbonyl (C=O) groups excluding carboxylic acids is 1. The maximum absolute atomic E-state index is 12.3. The summed E-state index contributed by atoms with van der Waals surface area (Å²) >= 11 is 3.27. The molecular weight excluding hydrogens is 280 g/mol. The molecule has 0 aromatic carbocycles. The van der Waals surface area contributed by atoms with Gasteiger partial charge in [0.1, 0.15) is 4.60 Å². The topological polar surface area (TPSA) is 33.2 Å². The molecule has 94 valence electrons. The number of hydrogen-bond donors (Lipinski definition) is 0. The van der Waals surface area contributed by atoms with E-state index in [0.717, 1.165) is 0 Å². The summed E-state index contributed by atoms with van der Waals surface area (Å²) in [5.41, 5.74) is 0.722. The molecule has 0 saturated heterocycles. The SMILES string of the molecule is CC(N(C)C(=O)c1ccnc(Br)c1)C(C)(C)C. The van der Waals surface area contributed by atoms with Gasteiger partial charge >= 0.3 is 0 Å². The molecule has 0 saturated carbocycles. The number of rotatable bonds is 2. The lowest BCUT2D eigenvalue weighted by atomic mass is 9.87. The first kappa shape index (κ1) is 14.2. The summed E-state index contributed by atoms with van der Waals surface area (Å²) in [6.07, 6.45) is 1.63. The van der Waals surface area contributed by atoms with E-state index in [1.807, 2.05) is 7.05 Å². The number of carbonyl (C=O) groups is 1. The second-order valence-electron chi connectivity index (χ2n) is 5.33. The molecule has 0 aliphatic carbocycles. The van der Waals surface area contributed by atoms with Crippen molar-refractivity contribution in [2.45, 2.75) is 33.7 Å². The van der Waals surface area contributed by atoms with Gasteiger partial charge < -0.3 is 4.90 Å². The van der Waals surface area contributed by atoms with Crippen molar-refractivity contribution in [3.8, 4) is 0 Å². The van der Waals surface area contributed by atoms with Crippen LogP contribution in [-0.4, -0.2) is 28.9 Å². The van der Waals surface area contributed by atoms with Crippen LogP contribution in [0, 0.1) is 5.41 Å². The minimum atomic E-state index is 0.0236. The van der Waals surface area contributed by atoms with E-state index in [1.165, 1.54) is 0 Å². The van der Waals surface area contributed by atoms with Crippen LogP contribution in [0.3, 0.4) is 0 Å². The van der Waals surface area contributed by atoms with Gasteiger partial charge in [-0.25, -0.2) is 4.98 Å². The molecule has 1 unspecified atom stereocenters. The molecule has 1 rings (SSSR count). The smallest absolute Gasteiger partial charge is 0.254 e. The molecule has 1 aromatic rings. The van der Waals surface area contributed by atoms with Crippen molar-refractivity contribution in [2.75, 3.05) is 7.05 Å². The predicted molar refractivity (Wildman–Crippen MR) is 72.9 cm³/mol. The minimum Gasteiger partial charge on any atom is -0.338 e. The summed E-state index contributed by atoms with van der Waals surface area (Å²) in [6.45, 7) is 8.45. The van der Waals surface area contributed by atoms with E-state index < -0.39 is 0 Å². The molecule has 17 heavy (non-hydrogen) atoms. The van der Waals surface area contributed by atoms with Crippen LogP contribution >= 0.6 is 15.9 Å². The summed E-state index contributed by atoms with van der Waals surface area (Å²) < 4.78 is 0.681. The minimum absolute atomic E-state index is 0.0236. The highest BCUT2D eigenvalue weighted by Gasteiger charge is 2.27. The summed E-state index contributed by atoms with van der Waals surface area (Å²) in [5, 5.41) is 0. The van der Waals surface area contributed by atoms with Gasteiger partial charge in [-0.1, -0.05) is 20.8 Å². The molecule has 4 heteroatoms. The molecule has 0 radical (unpaired) electrons. The number of amides is 1. The van der Waals surface area contributed by atoms with Crippen molar-refractivity contribution in [3.05, 3.63) is 28.5 Å². The molecule has 1 heterocycles. The van der Waals surface area contributed by atoms with E-state index in [4.69, 9.17) is 0 Å². The van der Waals surface area contributed by atoms with Crippen molar-refractivity contribution in [1.29, 1.82) is 0 Å². The molecule has 1 atom stereocenters. The lowest BCUT2D eigenvalue weighted by molar-refractivity contribution is 0.0629. The van der Waals surface area contributed by atoms with Gasteiger partial charge in [0.05, 0.1) is 0 Å². The Bertz CT molecular complexity index is 412. The fourth-order valence-electron chi connectivity index (χ4n) is 1.50. The number of hydrogen-bond acceptors (Lipinski definition) is 2. The second kappa shape index (κ2) is 5.17. The number of aromatic nitrogens is 1. The molecule has 0 bridgehead atoms. The second-order valence-corrected chi connectivity index (χ2v) is 6.14. The average Bonchev–Trinajstić information content (AvgIpc) is 2.25. The zero-order valence-electron chi connectivity index (χ0n) is 11.0. The molecule has 0 spiro atoms. The van der Waals surface area contributed by atoms with Crippen molar-refractivity contribution >= 4 is 21.8 Å². The molecule has 1 amide bonds. The first-order valence-electron chi connectivity index (χ1n) is 5.62. The Morgan fingerprint density at radius 2 is 2.06 bits per heavy atom. The van der Waals surface area contributed by atoms with Crippen LogP contribution in [0.5, 0.6) is 0 Å². The van der Waals surface area contributed by atoms with Crippen molar-refractivity contribution in [1.82, 2.24) is 9.88 Å². The molecule has 0 N–H and O–H groups in total. The summed E-state index contributed by atoms with van der Waals surface area (Å²) in [5.74, 6) is 0.0236. The maximum atomic E-state index is 12.3. The van der Waals surface area contributed by atoms with Gasteiger partial charge in [0.25, 0.3) is 5.91 Å². The maximum Gasteiger partial charge on any atom is 0.254 e. The van der Waals surface area contributed by atoms with Crippen LogP contribution in [0.2, 0.25) is 0 Å². The Morgan fingerprint density at radius 3 is 2.53 bits per heavy atom. The highest BCUT2D eigenvalue weighted by Crippen LogP contribution is 2.24. The third-order valence-corrected chi connectivity index (χ3v) is 3.56. The van der Waals surface area contributed by atoms with E-state index in [2.05, 4.69) is 48.6 Å². The standard InChI is InChI=1S/C13H19BrN2O/c1-9(13(2,3)4)16(5)12(17)10-6-7-15-11(14)8-10/h6-9H,1-5H3. The molecule has 0 aliphatic rings. The largest absolute Gasteiger partial charge is 0.338 e. The summed E-state index contributed by atoms with van der Waals surface area (Å²) in [4.78, 5) is 18.1. The van der Waals surface area contributed by atoms with E-state index in [1.54, 1.807) is 23.2 Å². The molecule has 0 fully saturated rings. The predicted octanol–water partition coefficient (Wildman–Crippen LogP) is 3.35. The van der Waals surface area contributed by atoms with Gasteiger partial charge in [-0.2, -0.15) is 0 Å². The quantitative estimate of drug-likeness (QED) is 0.785. The average molecular weight is 299 g/mol. The zero-order valence-corrected chi connectivity index (χ0v) is 12.6. The number of pyridine rings is 1. The Morgan fingerprint density at radius 1 is 1.47 bits per heavy atom. The van der Waals surface area contributed by atoms with E-state index in [9.17, 15) is 4.79 Å². The fraction of sp³-hybridized carbons (Fsp3) is 0.538. The van der Waals surface area contributed by atoms with Crippen LogP contribution in [-0.2, 0) is 0 Å². The normalized spacial score (nSPS) is 13.3. The lowest BCUT2D eigenvalue weighted by Gasteiger charge is -2.35. The van der Waals surface area contributed by atoms with Gasteiger partial charge in [0.2, 0.25) is 0 Å². The molecule has 0 aliphatic heterocycles. The van der Waals surface area contributed by atoms with E-state index >= 15 is 0 Å². The Hall–Kier alpha value is -0.900. The number of nitrogens with zero attached hydrogens (tertiary/aromatic N) is 2. The van der Waals surface area contributed by atoms with E-state index in [-0.39, 0.29) is 17.4 Å². The van der Waals surface area contributed by atoms with Crippen LogP contribution in [0.25, 0.3) is 0 Å². The molecule has 1 aromatic heterocycles. The van der Waals surface area contributed by atoms with Gasteiger partial charge in [-0.3, -0.25) is 4.79 Å². The van der Waals surface area contributed by atoms with Gasteiger partial charge in [-0.05, 0) is 40.4 Å². The Kier molecular flexibility index (Phi) is 4.31. The van der Waals surface area contributed by atoms with Crippen LogP contribution in [0.1, 0.15) is 38.1 Å². The fourth-order valence-corrected chi connectivity index (χ4v) is 1.86. The molecular formula is C13H19BrN2O. The summed E-state index contributed by atoms with van der Waals surface area (Å²) in [6, 6.07) is 3.65. The van der Waals surface area contributed by atoms with Crippen molar-refractivity contribution in [2.24, 2.45) is 5.41 Å². The third kappa shape index (κ3) is 3.53. The van der Waals surface area contributed by atoms with Crippen LogP contribution in [0.15, 0.2) is 22.9 Å². The Labute approximate surface area is 111 Å². The highest BCUT2D eigenvalue weighted by atomic mass is 79.9. The lowest BCUT2D eigenvalue weighted by Crippen LogP contribution is -2.42. The Balaban J connectivity index is 2.91. The first-order valence-corrected chi connectivity index (χ1v) is 6.41. The van der Waals surface area contributed by atoms with Gasteiger partial charge in [-0.15, -0.1) is 0 Å². The van der Waals surface area contributed by atoms with Crippen molar-refractivity contribution < 1.29 is 4.79 Å². The van der Waals surface area contributed by atoms with E-state index in [0.29, 0.717) is 10.2 Å². The monoisotopic (exact) mass is 298 g/mol. The highest BCUT2D eigenvalue weighted by molar-refractivity contribution is 9.10. The van der Waals surface area contributed by atoms with Crippen LogP contribution in [0.4, 0.5) is 0 Å². The third-order valence-electron chi connectivity index (χ3n) is 3.13. The van der Waals surface area contributed by atoms with Gasteiger partial charge in [0, 0.05) is 24.8 Å². The first-order chi connectivity index (χ1) is 7.73.